The van der Waals surface area contributed by atoms with Gasteiger partial charge in [0, 0.05) is 6.54 Å². The first kappa shape index (κ1) is 14.7. The molecule has 2 N–H and O–H groups in total. The molecule has 0 aliphatic rings. The van der Waals surface area contributed by atoms with Crippen LogP contribution in [0.5, 0.6) is 0 Å². The van der Waals surface area contributed by atoms with Gasteiger partial charge in [0.25, 0.3) is 0 Å². The Bertz CT molecular complexity index is 388. The van der Waals surface area contributed by atoms with Crippen molar-refractivity contribution >= 4 is 5.91 Å². The Kier molecular flexibility index (Phi) is 5.86. The lowest BCUT2D eigenvalue weighted by molar-refractivity contribution is -0.121. The highest BCUT2D eigenvalue weighted by atomic mass is 16.3. The Hall–Kier alpha value is -1.35. The first-order chi connectivity index (χ1) is 8.52. The van der Waals surface area contributed by atoms with Gasteiger partial charge in [0.05, 0.1) is 12.5 Å². The van der Waals surface area contributed by atoms with Gasteiger partial charge in [-0.25, -0.2) is 0 Å². The number of aliphatic hydroxyl groups is 1. The van der Waals surface area contributed by atoms with E-state index < -0.39 is 6.10 Å². The number of amides is 1. The first-order valence-corrected chi connectivity index (χ1v) is 6.55. The molecular formula is C15H23NO2. The lowest BCUT2D eigenvalue weighted by Gasteiger charge is -2.15. The van der Waals surface area contributed by atoms with Gasteiger partial charge in [-0.05, 0) is 23.5 Å². The monoisotopic (exact) mass is 249 g/mol. The van der Waals surface area contributed by atoms with E-state index in [0.717, 1.165) is 12.0 Å². The largest absolute Gasteiger partial charge is 0.391 e. The molecule has 0 aromatic heterocycles. The molecule has 1 atom stereocenters. The molecule has 18 heavy (non-hydrogen) atoms. The van der Waals surface area contributed by atoms with Gasteiger partial charge >= 0.3 is 0 Å². The Morgan fingerprint density at radius 3 is 2.61 bits per heavy atom. The fourth-order valence-corrected chi connectivity index (χ4v) is 1.66. The maximum Gasteiger partial charge on any atom is 0.224 e. The number of hydrogen-bond acceptors (Lipinski definition) is 2. The summed E-state index contributed by atoms with van der Waals surface area (Å²) in [7, 11) is 0. The maximum absolute atomic E-state index is 11.7. The number of carbonyl (C=O) groups excluding carboxylic acids is 1. The van der Waals surface area contributed by atoms with Crippen molar-refractivity contribution in [3.8, 4) is 0 Å². The Morgan fingerprint density at radius 2 is 2.00 bits per heavy atom. The summed E-state index contributed by atoms with van der Waals surface area (Å²) in [6.45, 7) is 6.28. The quantitative estimate of drug-likeness (QED) is 0.809. The molecule has 1 amide bonds. The number of nitrogens with one attached hydrogen (secondary N) is 1. The van der Waals surface area contributed by atoms with Gasteiger partial charge in [-0.3, -0.25) is 4.79 Å². The summed E-state index contributed by atoms with van der Waals surface area (Å²) < 4.78 is 0. The molecule has 0 bridgehead atoms. The Morgan fingerprint density at radius 1 is 1.33 bits per heavy atom. The minimum Gasteiger partial charge on any atom is -0.391 e. The summed E-state index contributed by atoms with van der Waals surface area (Å²) in [6.07, 6.45) is 0.871. The van der Waals surface area contributed by atoms with Crippen molar-refractivity contribution in [2.24, 2.45) is 5.92 Å². The van der Waals surface area contributed by atoms with Gasteiger partial charge < -0.3 is 10.4 Å². The summed E-state index contributed by atoms with van der Waals surface area (Å²) >= 11 is 0. The fourth-order valence-electron chi connectivity index (χ4n) is 1.66. The van der Waals surface area contributed by atoms with E-state index in [1.807, 2.05) is 26.0 Å². The highest BCUT2D eigenvalue weighted by molar-refractivity contribution is 5.78. The van der Waals surface area contributed by atoms with Crippen LogP contribution >= 0.6 is 0 Å². The van der Waals surface area contributed by atoms with Gasteiger partial charge in [-0.1, -0.05) is 45.0 Å². The molecule has 0 radical (unpaired) electrons. The predicted molar refractivity (Wildman–Crippen MR) is 73.4 cm³/mol. The molecule has 3 heteroatoms. The van der Waals surface area contributed by atoms with Crippen molar-refractivity contribution in [3.05, 3.63) is 35.4 Å². The molecule has 100 valence electrons. The Balaban J connectivity index is 2.44. The molecule has 0 heterocycles. The number of benzene rings is 1. The van der Waals surface area contributed by atoms with Crippen LogP contribution in [0.25, 0.3) is 0 Å². The molecule has 1 aromatic carbocycles. The normalized spacial score (nSPS) is 12.5. The van der Waals surface area contributed by atoms with Crippen LogP contribution in [0.1, 0.15) is 31.9 Å². The second-order valence-corrected chi connectivity index (χ2v) is 4.97. The highest BCUT2D eigenvalue weighted by Gasteiger charge is 2.11. The summed E-state index contributed by atoms with van der Waals surface area (Å²) in [5.41, 5.74) is 2.26. The van der Waals surface area contributed by atoms with E-state index in [0.29, 0.717) is 13.0 Å². The third kappa shape index (κ3) is 4.88. The molecule has 3 nitrogen and oxygen atoms in total. The molecule has 0 spiro atoms. The molecule has 0 saturated carbocycles. The molecule has 1 unspecified atom stereocenters. The lowest BCUT2D eigenvalue weighted by atomic mass is 10.1. The minimum absolute atomic E-state index is 0.0389. The van der Waals surface area contributed by atoms with Gasteiger partial charge in [-0.15, -0.1) is 0 Å². The zero-order chi connectivity index (χ0) is 13.5. The molecule has 1 rings (SSSR count). The second-order valence-electron chi connectivity index (χ2n) is 4.97. The summed E-state index contributed by atoms with van der Waals surface area (Å²) in [5.74, 6) is 0.122. The maximum atomic E-state index is 11.7. The van der Waals surface area contributed by atoms with Crippen LogP contribution < -0.4 is 5.32 Å². The zero-order valence-corrected chi connectivity index (χ0v) is 11.4. The van der Waals surface area contributed by atoms with Crippen molar-refractivity contribution < 1.29 is 9.90 Å². The summed E-state index contributed by atoms with van der Waals surface area (Å²) in [4.78, 5) is 11.7. The van der Waals surface area contributed by atoms with E-state index in [2.05, 4.69) is 24.4 Å². The van der Waals surface area contributed by atoms with E-state index in [4.69, 9.17) is 0 Å². The van der Waals surface area contributed by atoms with Gasteiger partial charge in [0.2, 0.25) is 5.91 Å². The topological polar surface area (TPSA) is 49.3 Å². The van der Waals surface area contributed by atoms with Crippen LogP contribution in [0.2, 0.25) is 0 Å². The SMILES string of the molecule is CCc1cccc(CC(=O)NCC(O)C(C)C)c1. The van der Waals surface area contributed by atoms with Gasteiger partial charge in [-0.2, -0.15) is 0 Å². The van der Waals surface area contributed by atoms with E-state index in [9.17, 15) is 9.90 Å². The standard InChI is InChI=1S/C15H23NO2/c1-4-12-6-5-7-13(8-12)9-15(18)16-10-14(17)11(2)3/h5-8,11,14,17H,4,9-10H2,1-3H3,(H,16,18). The average Bonchev–Trinajstić information content (AvgIpc) is 2.36. The summed E-state index contributed by atoms with van der Waals surface area (Å²) in [5, 5.41) is 12.4. The third-order valence-electron chi connectivity index (χ3n) is 3.04. The van der Waals surface area contributed by atoms with Crippen LogP contribution in [0.15, 0.2) is 24.3 Å². The van der Waals surface area contributed by atoms with Crippen LogP contribution in [-0.4, -0.2) is 23.7 Å². The fraction of sp³-hybridized carbons (Fsp3) is 0.533. The smallest absolute Gasteiger partial charge is 0.224 e. The number of hydrogen-bond donors (Lipinski definition) is 2. The van der Waals surface area contributed by atoms with Crippen molar-refractivity contribution in [1.29, 1.82) is 0 Å². The number of rotatable bonds is 6. The van der Waals surface area contributed by atoms with E-state index in [1.54, 1.807) is 0 Å². The first-order valence-electron chi connectivity index (χ1n) is 6.55. The zero-order valence-electron chi connectivity index (χ0n) is 11.4. The van der Waals surface area contributed by atoms with Gasteiger partial charge in [0.15, 0.2) is 0 Å². The van der Waals surface area contributed by atoms with Crippen molar-refractivity contribution in [2.45, 2.75) is 39.7 Å². The second kappa shape index (κ2) is 7.17. The van der Waals surface area contributed by atoms with E-state index in [1.165, 1.54) is 5.56 Å². The third-order valence-corrected chi connectivity index (χ3v) is 3.04. The minimum atomic E-state index is -0.476. The predicted octanol–water partition coefficient (Wildman–Crippen LogP) is 1.92. The van der Waals surface area contributed by atoms with Crippen molar-refractivity contribution in [1.82, 2.24) is 5.32 Å². The summed E-state index contributed by atoms with van der Waals surface area (Å²) in [6, 6.07) is 8.05. The molecule has 0 fully saturated rings. The van der Waals surface area contributed by atoms with Gasteiger partial charge in [0.1, 0.15) is 0 Å². The lowest BCUT2D eigenvalue weighted by Crippen LogP contribution is -2.35. The van der Waals surface area contributed by atoms with Crippen LogP contribution in [0, 0.1) is 5.92 Å². The van der Waals surface area contributed by atoms with Crippen molar-refractivity contribution in [2.75, 3.05) is 6.54 Å². The number of carbonyl (C=O) groups is 1. The molecule has 1 aromatic rings. The van der Waals surface area contributed by atoms with Crippen LogP contribution in [-0.2, 0) is 17.6 Å². The number of aliphatic hydroxyl groups excluding tert-OH is 1. The Labute approximate surface area is 109 Å². The molecular weight excluding hydrogens is 226 g/mol. The van der Waals surface area contributed by atoms with E-state index >= 15 is 0 Å². The van der Waals surface area contributed by atoms with Crippen LogP contribution in [0.3, 0.4) is 0 Å². The molecule has 0 aliphatic carbocycles. The highest BCUT2D eigenvalue weighted by Crippen LogP contribution is 2.07. The number of aryl methyl sites for hydroxylation is 1. The van der Waals surface area contributed by atoms with E-state index in [-0.39, 0.29) is 11.8 Å². The average molecular weight is 249 g/mol. The molecule has 0 saturated heterocycles. The molecule has 0 aliphatic heterocycles. The van der Waals surface area contributed by atoms with Crippen LogP contribution in [0.4, 0.5) is 0 Å². The van der Waals surface area contributed by atoms with Crippen molar-refractivity contribution in [3.63, 3.8) is 0 Å².